The Balaban J connectivity index is 1.45. The molecule has 9 nitrogen and oxygen atoms in total. The molecule has 0 radical (unpaired) electrons. The molecule has 1 unspecified atom stereocenters. The second-order valence-corrected chi connectivity index (χ2v) is 7.48. The first-order valence-corrected chi connectivity index (χ1v) is 9.27. The van der Waals surface area contributed by atoms with Crippen LogP contribution in [-0.4, -0.2) is 51.4 Å². The summed E-state index contributed by atoms with van der Waals surface area (Å²) in [5.41, 5.74) is 0.657. The van der Waals surface area contributed by atoms with Crippen molar-refractivity contribution in [1.82, 2.24) is 20.4 Å². The predicted octanol–water partition coefficient (Wildman–Crippen LogP) is 0.113. The molecule has 2 fully saturated rings. The third-order valence-corrected chi connectivity index (χ3v) is 5.23. The van der Waals surface area contributed by atoms with Crippen molar-refractivity contribution >= 4 is 28.6 Å². The number of nitrogens with zero attached hydrogens (tertiary/aromatic N) is 2. The van der Waals surface area contributed by atoms with E-state index >= 15 is 0 Å². The third-order valence-electron chi connectivity index (χ3n) is 5.23. The van der Waals surface area contributed by atoms with Crippen molar-refractivity contribution in [1.29, 1.82) is 0 Å². The lowest BCUT2D eigenvalue weighted by Gasteiger charge is -2.19. The number of fused-ring (bicyclic) bond motifs is 1. The predicted molar refractivity (Wildman–Crippen MR) is 98.5 cm³/mol. The van der Waals surface area contributed by atoms with Gasteiger partial charge in [0.25, 0.3) is 5.91 Å². The molecule has 1 saturated carbocycles. The summed E-state index contributed by atoms with van der Waals surface area (Å²) < 4.78 is 7.20. The molecule has 28 heavy (non-hydrogen) atoms. The highest BCUT2D eigenvalue weighted by atomic mass is 16.5. The number of carbonyl (C=O) groups excluding carboxylic acids is 3. The molecule has 1 atom stereocenters. The van der Waals surface area contributed by atoms with Crippen molar-refractivity contribution < 1.29 is 24.2 Å². The number of ether oxygens (including phenoxy) is 1. The number of imide groups is 1. The Hall–Kier alpha value is -2.94. The fraction of sp³-hybridized carbons (Fsp3) is 0.474. The molecule has 2 aromatic rings. The summed E-state index contributed by atoms with van der Waals surface area (Å²) in [7, 11) is 1.77. The smallest absolute Gasteiger partial charge is 0.258 e. The second-order valence-electron chi connectivity index (χ2n) is 7.48. The Morgan fingerprint density at radius 2 is 2.21 bits per heavy atom. The van der Waals surface area contributed by atoms with E-state index in [0.29, 0.717) is 37.1 Å². The van der Waals surface area contributed by atoms with Crippen molar-refractivity contribution in [2.75, 3.05) is 13.2 Å². The minimum absolute atomic E-state index is 0.153. The average Bonchev–Trinajstić information content (AvgIpc) is 3.32. The van der Waals surface area contributed by atoms with Crippen LogP contribution in [0.1, 0.15) is 37.3 Å². The summed E-state index contributed by atoms with van der Waals surface area (Å²) in [4.78, 5) is 35.4. The number of hydrogen-bond acceptors (Lipinski definition) is 6. The Bertz CT molecular complexity index is 963. The molecular weight excluding hydrogens is 364 g/mol. The number of amides is 3. The van der Waals surface area contributed by atoms with Crippen LogP contribution >= 0.6 is 0 Å². The summed E-state index contributed by atoms with van der Waals surface area (Å²) in [5, 5.41) is 20.0. The van der Waals surface area contributed by atoms with Gasteiger partial charge in [-0.05, 0) is 31.4 Å². The van der Waals surface area contributed by atoms with Gasteiger partial charge in [-0.1, -0.05) is 0 Å². The Kier molecular flexibility index (Phi) is 4.54. The molecule has 9 heteroatoms. The molecule has 1 aromatic carbocycles. The summed E-state index contributed by atoms with van der Waals surface area (Å²) in [6, 6.07) is 5.29. The molecule has 4 rings (SSSR count). The fourth-order valence-electron chi connectivity index (χ4n) is 3.35. The number of rotatable bonds is 6. The van der Waals surface area contributed by atoms with Gasteiger partial charge in [0.2, 0.25) is 11.8 Å². The zero-order valence-electron chi connectivity index (χ0n) is 15.5. The van der Waals surface area contributed by atoms with Gasteiger partial charge in [-0.25, -0.2) is 0 Å². The van der Waals surface area contributed by atoms with Gasteiger partial charge in [0.15, 0.2) is 6.61 Å². The maximum Gasteiger partial charge on any atom is 0.258 e. The summed E-state index contributed by atoms with van der Waals surface area (Å²) >= 11 is 0. The number of benzene rings is 1. The topological polar surface area (TPSA) is 123 Å². The van der Waals surface area contributed by atoms with E-state index in [-0.39, 0.29) is 30.9 Å². The van der Waals surface area contributed by atoms with E-state index in [1.54, 1.807) is 23.9 Å². The Labute approximate surface area is 161 Å². The van der Waals surface area contributed by atoms with Crippen LogP contribution in [0.3, 0.4) is 0 Å². The van der Waals surface area contributed by atoms with Gasteiger partial charge in [0.05, 0.1) is 22.7 Å². The van der Waals surface area contributed by atoms with Crippen LogP contribution in [0.2, 0.25) is 0 Å². The number of hydrogen-bond donors (Lipinski definition) is 3. The monoisotopic (exact) mass is 386 g/mol. The van der Waals surface area contributed by atoms with Crippen molar-refractivity contribution in [2.24, 2.45) is 7.05 Å². The highest BCUT2D eigenvalue weighted by Gasteiger charge is 2.40. The molecular formula is C19H22N4O5. The van der Waals surface area contributed by atoms with Gasteiger partial charge in [0, 0.05) is 31.5 Å². The third kappa shape index (κ3) is 3.70. The molecule has 1 aromatic heterocycles. The van der Waals surface area contributed by atoms with Crippen LogP contribution in [0, 0.1) is 0 Å². The molecule has 3 N–H and O–H groups in total. The van der Waals surface area contributed by atoms with Gasteiger partial charge in [-0.2, -0.15) is 5.10 Å². The minimum Gasteiger partial charge on any atom is -0.484 e. The molecule has 0 bridgehead atoms. The van der Waals surface area contributed by atoms with Gasteiger partial charge < -0.3 is 15.2 Å². The lowest BCUT2D eigenvalue weighted by molar-refractivity contribution is -0.134. The molecule has 1 saturated heterocycles. The van der Waals surface area contributed by atoms with Crippen LogP contribution in [0.25, 0.3) is 10.9 Å². The van der Waals surface area contributed by atoms with Crippen molar-refractivity contribution in [2.45, 2.75) is 37.2 Å². The standard InChI is InChI=1S/C19H22N4O5/c1-23-14-8-11(28-9-16(25)20-10-19(27)6-7-19)2-3-12(14)17(22-23)13-4-5-15(24)21-18(13)26/h2-3,8,13,27H,4-7,9-10H2,1H3,(H,20,25)(H,21,24,26). The highest BCUT2D eigenvalue weighted by molar-refractivity contribution is 6.02. The summed E-state index contributed by atoms with van der Waals surface area (Å²) in [6.07, 6.45) is 2.14. The van der Waals surface area contributed by atoms with Crippen molar-refractivity contribution in [3.8, 4) is 5.75 Å². The van der Waals surface area contributed by atoms with E-state index in [4.69, 9.17) is 4.74 Å². The maximum absolute atomic E-state index is 12.2. The van der Waals surface area contributed by atoms with Gasteiger partial charge >= 0.3 is 0 Å². The van der Waals surface area contributed by atoms with E-state index in [1.807, 2.05) is 6.07 Å². The van der Waals surface area contributed by atoms with Crippen LogP contribution in [0.5, 0.6) is 5.75 Å². The molecule has 1 aliphatic heterocycles. The highest BCUT2D eigenvalue weighted by Crippen LogP contribution is 2.34. The Morgan fingerprint density at radius 1 is 1.43 bits per heavy atom. The van der Waals surface area contributed by atoms with E-state index in [9.17, 15) is 19.5 Å². The number of piperidine rings is 1. The van der Waals surface area contributed by atoms with Gasteiger partial charge in [-0.15, -0.1) is 0 Å². The lowest BCUT2D eigenvalue weighted by Crippen LogP contribution is -2.39. The van der Waals surface area contributed by atoms with E-state index in [1.165, 1.54) is 0 Å². The first-order chi connectivity index (χ1) is 13.3. The SMILES string of the molecule is Cn1nc(C2CCC(=O)NC2=O)c2ccc(OCC(=O)NCC3(O)CC3)cc21. The van der Waals surface area contributed by atoms with E-state index < -0.39 is 11.5 Å². The molecule has 2 heterocycles. The number of aromatic nitrogens is 2. The number of aryl methyl sites for hydroxylation is 1. The van der Waals surface area contributed by atoms with Gasteiger partial charge in [-0.3, -0.25) is 24.4 Å². The summed E-state index contributed by atoms with van der Waals surface area (Å²) in [6.45, 7) is 0.0880. The van der Waals surface area contributed by atoms with E-state index in [0.717, 1.165) is 10.9 Å². The molecule has 0 spiro atoms. The normalized spacial score (nSPS) is 20.7. The van der Waals surface area contributed by atoms with Gasteiger partial charge in [0.1, 0.15) is 5.75 Å². The second kappa shape index (κ2) is 6.90. The molecule has 3 amide bonds. The van der Waals surface area contributed by atoms with Crippen LogP contribution in [-0.2, 0) is 21.4 Å². The quantitative estimate of drug-likeness (QED) is 0.606. The first kappa shape index (κ1) is 18.4. The van der Waals surface area contributed by atoms with Crippen LogP contribution in [0.15, 0.2) is 18.2 Å². The zero-order valence-corrected chi connectivity index (χ0v) is 15.5. The Morgan fingerprint density at radius 3 is 2.93 bits per heavy atom. The average molecular weight is 386 g/mol. The first-order valence-electron chi connectivity index (χ1n) is 9.27. The van der Waals surface area contributed by atoms with Crippen molar-refractivity contribution in [3.05, 3.63) is 23.9 Å². The largest absolute Gasteiger partial charge is 0.484 e. The molecule has 148 valence electrons. The lowest BCUT2D eigenvalue weighted by atomic mass is 9.93. The molecule has 1 aliphatic carbocycles. The van der Waals surface area contributed by atoms with Crippen LogP contribution < -0.4 is 15.4 Å². The van der Waals surface area contributed by atoms with Crippen molar-refractivity contribution in [3.63, 3.8) is 0 Å². The minimum atomic E-state index is -0.740. The summed E-state index contributed by atoms with van der Waals surface area (Å²) in [5.74, 6) is -0.845. The number of carbonyl (C=O) groups is 3. The number of nitrogens with one attached hydrogen (secondary N) is 2. The number of aliphatic hydroxyl groups is 1. The fourth-order valence-corrected chi connectivity index (χ4v) is 3.35. The van der Waals surface area contributed by atoms with Crippen LogP contribution in [0.4, 0.5) is 0 Å². The van der Waals surface area contributed by atoms with E-state index in [2.05, 4.69) is 15.7 Å². The molecule has 2 aliphatic rings. The zero-order chi connectivity index (χ0) is 19.9. The maximum atomic E-state index is 12.2.